The van der Waals surface area contributed by atoms with E-state index in [1.807, 2.05) is 6.92 Å². The van der Waals surface area contributed by atoms with Gasteiger partial charge in [0, 0.05) is 43.9 Å². The predicted molar refractivity (Wildman–Crippen MR) is 151 cm³/mol. The van der Waals surface area contributed by atoms with Gasteiger partial charge in [-0.05, 0) is 24.6 Å². The topological polar surface area (TPSA) is 219 Å². The van der Waals surface area contributed by atoms with E-state index in [0.29, 0.717) is 4.90 Å². The van der Waals surface area contributed by atoms with E-state index >= 15 is 0 Å². The third-order valence-corrected chi connectivity index (χ3v) is 7.30. The molecule has 1 aliphatic heterocycles. The summed E-state index contributed by atoms with van der Waals surface area (Å²) in [4.78, 5) is 75.6. The molecule has 1 heterocycles. The number of esters is 5. The van der Waals surface area contributed by atoms with Crippen molar-refractivity contribution in [1.82, 2.24) is 5.32 Å². The normalized spacial score (nSPS) is 22.2. The van der Waals surface area contributed by atoms with Crippen LogP contribution < -0.4 is 5.32 Å². The third-order valence-electron chi connectivity index (χ3n) is 6.04. The molecule has 1 aromatic rings. The number of carbonyl (C=O) groups is 6. The molecule has 0 bridgehead atoms. The second-order valence-corrected chi connectivity index (χ2v) is 10.9. The number of nitrogens with one attached hydrogen (secondary N) is 1. The molecule has 1 amide bonds. The zero-order valence-electron chi connectivity index (χ0n) is 25.0. The average molecular weight is 639 g/mol. The van der Waals surface area contributed by atoms with Gasteiger partial charge in [-0.1, -0.05) is 34.6 Å². The highest BCUT2D eigenvalue weighted by atomic mass is 32.2. The zero-order chi connectivity index (χ0) is 33.0. The highest BCUT2D eigenvalue weighted by Gasteiger charge is 2.58. The third kappa shape index (κ3) is 10.4. The van der Waals surface area contributed by atoms with Crippen LogP contribution in [-0.4, -0.2) is 91.4 Å². The molecular formula is C27H34N4O12S. The number of aryl methyl sites for hydroxylation is 1. The molecule has 0 radical (unpaired) electrons. The minimum atomic E-state index is -1.98. The fourth-order valence-corrected chi connectivity index (χ4v) is 5.62. The Kier molecular flexibility index (Phi) is 13.4. The number of rotatable bonds is 13. The minimum Gasteiger partial charge on any atom is -0.466 e. The van der Waals surface area contributed by atoms with Crippen molar-refractivity contribution in [1.29, 1.82) is 0 Å². The van der Waals surface area contributed by atoms with Crippen LogP contribution in [0.4, 0.5) is 0 Å². The number of hydrogen-bond acceptors (Lipinski definition) is 14. The van der Waals surface area contributed by atoms with Crippen LogP contribution in [0.25, 0.3) is 10.4 Å². The number of thioether (sulfide) groups is 1. The quantitative estimate of drug-likeness (QED) is 0.107. The van der Waals surface area contributed by atoms with Crippen molar-refractivity contribution in [2.45, 2.75) is 81.3 Å². The van der Waals surface area contributed by atoms with Gasteiger partial charge in [0.2, 0.25) is 4.93 Å². The summed E-state index contributed by atoms with van der Waals surface area (Å²) < 4.78 is 32.7. The Morgan fingerprint density at radius 2 is 1.68 bits per heavy atom. The summed E-state index contributed by atoms with van der Waals surface area (Å²) in [5.41, 5.74) is 9.89. The number of amides is 1. The molecule has 44 heavy (non-hydrogen) atoms. The molecule has 6 atom stereocenters. The van der Waals surface area contributed by atoms with Gasteiger partial charge in [-0.3, -0.25) is 24.0 Å². The molecule has 0 saturated carbocycles. The zero-order valence-corrected chi connectivity index (χ0v) is 25.8. The number of benzene rings is 1. The number of carbonyl (C=O) groups excluding carboxylic acids is 6. The lowest BCUT2D eigenvalue weighted by atomic mass is 9.89. The lowest BCUT2D eigenvalue weighted by Gasteiger charge is -2.48. The molecule has 0 aliphatic carbocycles. The largest absolute Gasteiger partial charge is 0.466 e. The van der Waals surface area contributed by atoms with Crippen molar-refractivity contribution in [3.63, 3.8) is 0 Å². The average Bonchev–Trinajstić information content (AvgIpc) is 2.94. The molecule has 16 nitrogen and oxygen atoms in total. The van der Waals surface area contributed by atoms with Crippen LogP contribution in [0, 0.1) is 6.92 Å². The molecule has 1 saturated heterocycles. The summed E-state index contributed by atoms with van der Waals surface area (Å²) in [6.45, 7) is 4.85. The first-order valence-electron chi connectivity index (χ1n) is 13.2. The summed E-state index contributed by atoms with van der Waals surface area (Å²) in [5, 5.41) is 5.99. The first-order chi connectivity index (χ1) is 20.7. The number of hydrogen-bond donors (Lipinski definition) is 1. The summed E-state index contributed by atoms with van der Waals surface area (Å²) in [6.07, 6.45) is -6.50. The molecule has 1 fully saturated rings. The Bertz CT molecular complexity index is 1280. The van der Waals surface area contributed by atoms with Gasteiger partial charge in [0.15, 0.2) is 12.7 Å². The van der Waals surface area contributed by atoms with Crippen molar-refractivity contribution in [3.8, 4) is 0 Å². The van der Waals surface area contributed by atoms with Crippen molar-refractivity contribution < 1.29 is 57.2 Å². The summed E-state index contributed by atoms with van der Waals surface area (Å²) in [5.74, 6) is -5.09. The summed E-state index contributed by atoms with van der Waals surface area (Å²) in [7, 11) is 1.11. The van der Waals surface area contributed by atoms with Gasteiger partial charge in [-0.15, -0.1) is 0 Å². The number of ether oxygens (including phenoxy) is 6. The van der Waals surface area contributed by atoms with Gasteiger partial charge in [-0.25, -0.2) is 4.79 Å². The van der Waals surface area contributed by atoms with Crippen LogP contribution >= 0.6 is 11.8 Å². The smallest absolute Gasteiger partial charge is 0.349 e. The standard InChI is InChI=1S/C27H34N4O12S/c1-14-7-9-19(10-8-14)44-27(26(37)38-6)11-20(40-16(3)33)23(30-22(36)13-39-15(2)32)25(43-27)24(42-18(5)35)21(12-29-31-28)41-17(4)34/h7-10,20-21,23-25H,11-13H2,1-6H3,(H,30,36)/t20-,21+,23+,24?,25+,27+/m0/s1. The molecule has 1 aromatic carbocycles. The van der Waals surface area contributed by atoms with E-state index in [4.69, 9.17) is 34.0 Å². The monoisotopic (exact) mass is 638 g/mol. The minimum absolute atomic E-state index is 0.381. The van der Waals surface area contributed by atoms with Gasteiger partial charge in [0.25, 0.3) is 5.91 Å². The number of methoxy groups -OCH3 is 1. The number of nitrogens with zero attached hydrogens (tertiary/aromatic N) is 3. The van der Waals surface area contributed by atoms with E-state index < -0.39 is 84.3 Å². The second-order valence-electron chi connectivity index (χ2n) is 9.60. The molecule has 1 unspecified atom stereocenters. The molecule has 240 valence electrons. The van der Waals surface area contributed by atoms with Gasteiger partial charge in [-0.2, -0.15) is 0 Å². The van der Waals surface area contributed by atoms with E-state index in [1.54, 1.807) is 24.3 Å². The first kappa shape index (κ1) is 35.9. The Balaban J connectivity index is 2.80. The summed E-state index contributed by atoms with van der Waals surface area (Å²) in [6, 6.07) is 5.60. The Morgan fingerprint density at radius 1 is 1.05 bits per heavy atom. The van der Waals surface area contributed by atoms with Crippen molar-refractivity contribution in [2.24, 2.45) is 5.11 Å². The van der Waals surface area contributed by atoms with E-state index in [-0.39, 0.29) is 6.42 Å². The van der Waals surface area contributed by atoms with Crippen LogP contribution in [0.2, 0.25) is 0 Å². The van der Waals surface area contributed by atoms with Gasteiger partial charge in [0.05, 0.1) is 19.7 Å². The van der Waals surface area contributed by atoms with Crippen molar-refractivity contribution in [2.75, 3.05) is 20.3 Å². The van der Waals surface area contributed by atoms with Gasteiger partial charge < -0.3 is 33.7 Å². The van der Waals surface area contributed by atoms with E-state index in [1.165, 1.54) is 0 Å². The van der Waals surface area contributed by atoms with Crippen LogP contribution in [0.5, 0.6) is 0 Å². The summed E-state index contributed by atoms with van der Waals surface area (Å²) >= 11 is 0.903. The molecule has 0 aromatic heterocycles. The van der Waals surface area contributed by atoms with Gasteiger partial charge in [0.1, 0.15) is 18.3 Å². The van der Waals surface area contributed by atoms with E-state index in [2.05, 4.69) is 15.3 Å². The number of azide groups is 1. The molecule has 1 aliphatic rings. The van der Waals surface area contributed by atoms with Gasteiger partial charge >= 0.3 is 29.8 Å². The highest BCUT2D eigenvalue weighted by Crippen LogP contribution is 2.46. The Labute approximate surface area is 257 Å². The van der Waals surface area contributed by atoms with E-state index in [9.17, 15) is 28.8 Å². The van der Waals surface area contributed by atoms with Crippen LogP contribution in [0.3, 0.4) is 0 Å². The molecular weight excluding hydrogens is 604 g/mol. The molecule has 1 N–H and O–H groups in total. The van der Waals surface area contributed by atoms with Crippen LogP contribution in [-0.2, 0) is 57.2 Å². The molecule has 0 spiro atoms. The molecule has 2 rings (SSSR count). The first-order valence-corrected chi connectivity index (χ1v) is 14.0. The second kappa shape index (κ2) is 16.5. The maximum Gasteiger partial charge on any atom is 0.349 e. The predicted octanol–water partition coefficient (Wildman–Crippen LogP) is 1.90. The van der Waals surface area contributed by atoms with E-state index in [0.717, 1.165) is 52.1 Å². The van der Waals surface area contributed by atoms with Crippen LogP contribution in [0.1, 0.15) is 39.7 Å². The maximum atomic E-state index is 13.5. The highest BCUT2D eigenvalue weighted by molar-refractivity contribution is 8.01. The van der Waals surface area contributed by atoms with Crippen molar-refractivity contribution >= 4 is 47.5 Å². The lowest BCUT2D eigenvalue weighted by Crippen LogP contribution is -2.68. The Hall–Kier alpha value is -4.34. The van der Waals surface area contributed by atoms with Crippen LogP contribution in [0.15, 0.2) is 34.3 Å². The SMILES string of the molecule is COC(=O)[C@]1(Sc2ccc(C)cc2)C[C@H](OC(C)=O)[C@@H](NC(=O)COC(C)=O)[C@H](C(OC(C)=O)[C@@H](CN=[N+]=[N-])OC(C)=O)O1. The van der Waals surface area contributed by atoms with Crippen molar-refractivity contribution in [3.05, 3.63) is 40.3 Å². The fourth-order valence-electron chi connectivity index (χ4n) is 4.39. The maximum absolute atomic E-state index is 13.5. The fraction of sp³-hybridized carbons (Fsp3) is 0.556. The lowest BCUT2D eigenvalue weighted by molar-refractivity contribution is -0.220. The Morgan fingerprint density at radius 3 is 2.20 bits per heavy atom. The molecule has 17 heteroatoms.